The molecule has 0 amide bonds. The molecule has 0 N–H and O–H groups in total. The van der Waals surface area contributed by atoms with Gasteiger partial charge in [0, 0.05) is 0 Å². The molecular formula is C7H6NS2Zn. The molecule has 0 aliphatic carbocycles. The van der Waals surface area contributed by atoms with Crippen LogP contribution in [-0.2, 0) is 17.1 Å². The average molecular weight is 234 g/mol. The number of para-hydroxylation sites is 1. The average Bonchev–Trinajstić information content (AvgIpc) is 2.55. The molecule has 0 aliphatic rings. The first kappa shape index (κ1) is 9.17. The van der Waals surface area contributed by atoms with Gasteiger partial charge < -0.3 is 0 Å². The summed E-state index contributed by atoms with van der Waals surface area (Å²) >= 11 is 2.75. The number of aromatic nitrogens is 1. The van der Waals surface area contributed by atoms with Gasteiger partial charge in [0.1, 0.15) is 0 Å². The van der Waals surface area contributed by atoms with Crippen molar-refractivity contribution in [2.24, 2.45) is 0 Å². The van der Waals surface area contributed by atoms with Crippen molar-refractivity contribution in [3.63, 3.8) is 0 Å². The Balaban J connectivity index is 0.000000281. The number of thiazole rings is 1. The SMILES string of the molecule is [SH][Zn].c1ccc2scnc2c1. The summed E-state index contributed by atoms with van der Waals surface area (Å²) in [6, 6.07) is 8.13. The molecule has 0 bridgehead atoms. The zero-order valence-corrected chi connectivity index (χ0v) is 10.6. The second-order valence-corrected chi connectivity index (χ2v) is 2.71. The molecule has 1 aromatic heterocycles. The summed E-state index contributed by atoms with van der Waals surface area (Å²) in [5.41, 5.74) is 2.97. The van der Waals surface area contributed by atoms with Crippen molar-refractivity contribution in [2.45, 2.75) is 0 Å². The third-order valence-corrected chi connectivity index (χ3v) is 2.05. The molecule has 2 aromatic rings. The predicted octanol–water partition coefficient (Wildman–Crippen LogP) is 2.67. The Morgan fingerprint density at radius 3 is 2.73 bits per heavy atom. The van der Waals surface area contributed by atoms with Gasteiger partial charge in [-0.15, -0.1) is 11.3 Å². The number of fused-ring (bicyclic) bond motifs is 1. The molecule has 0 radical (unpaired) electrons. The molecule has 0 aliphatic heterocycles. The molecule has 53 valence electrons. The maximum Gasteiger partial charge on any atom is 0.0812 e. The molecule has 1 nitrogen and oxygen atoms in total. The second-order valence-electron chi connectivity index (χ2n) is 1.82. The van der Waals surface area contributed by atoms with Gasteiger partial charge in [-0.05, 0) is 12.1 Å². The van der Waals surface area contributed by atoms with Gasteiger partial charge in [0.2, 0.25) is 0 Å². The molecule has 2 rings (SSSR count). The molecule has 11 heavy (non-hydrogen) atoms. The van der Waals surface area contributed by atoms with E-state index in [9.17, 15) is 0 Å². The molecule has 1 heterocycles. The summed E-state index contributed by atoms with van der Waals surface area (Å²) in [6.45, 7) is 0. The van der Waals surface area contributed by atoms with Crippen LogP contribution in [-0.4, -0.2) is 4.98 Å². The van der Waals surface area contributed by atoms with Crippen LogP contribution >= 0.6 is 22.0 Å². The second kappa shape index (κ2) is 4.86. The molecule has 0 saturated carbocycles. The summed E-state index contributed by atoms with van der Waals surface area (Å²) in [4.78, 5) is 4.14. The van der Waals surface area contributed by atoms with Crippen molar-refractivity contribution in [1.82, 2.24) is 4.98 Å². The van der Waals surface area contributed by atoms with Crippen molar-refractivity contribution >= 4 is 32.2 Å². The van der Waals surface area contributed by atoms with Crippen LogP contribution in [0.4, 0.5) is 0 Å². The van der Waals surface area contributed by atoms with Crippen molar-refractivity contribution in [3.05, 3.63) is 29.8 Å². The van der Waals surface area contributed by atoms with Gasteiger partial charge in [-0.3, -0.25) is 0 Å². The Morgan fingerprint density at radius 2 is 2.00 bits per heavy atom. The molecule has 1 aromatic carbocycles. The largest absolute Gasteiger partial charge is 0.245 e. The first-order valence-corrected chi connectivity index (χ1v) is 8.56. The third-order valence-electron chi connectivity index (χ3n) is 1.24. The molecule has 0 unspecified atom stereocenters. The van der Waals surface area contributed by atoms with E-state index in [0.29, 0.717) is 0 Å². The molecule has 0 spiro atoms. The molecular weight excluding hydrogens is 228 g/mol. The predicted molar refractivity (Wildman–Crippen MR) is 48.6 cm³/mol. The van der Waals surface area contributed by atoms with Crippen LogP contribution in [0, 0.1) is 0 Å². The number of nitrogens with zero attached hydrogens (tertiary/aromatic N) is 1. The third kappa shape index (κ3) is 2.26. The minimum atomic E-state index is 1.07. The Hall–Kier alpha value is 0.0834. The van der Waals surface area contributed by atoms with E-state index in [1.807, 2.05) is 23.7 Å². The van der Waals surface area contributed by atoms with Crippen molar-refractivity contribution in [3.8, 4) is 0 Å². The summed E-state index contributed by atoms with van der Waals surface area (Å²) in [5.74, 6) is 0. The smallest absolute Gasteiger partial charge is 0.0812 e. The normalized spacial score (nSPS) is 9.00. The zero-order valence-electron chi connectivity index (χ0n) is 5.90. The van der Waals surface area contributed by atoms with Gasteiger partial charge in [0.25, 0.3) is 0 Å². The summed E-state index contributed by atoms with van der Waals surface area (Å²) in [5, 5.41) is 0. The van der Waals surface area contributed by atoms with E-state index in [-0.39, 0.29) is 0 Å². The van der Waals surface area contributed by atoms with E-state index in [0.717, 1.165) is 22.6 Å². The fourth-order valence-electron chi connectivity index (χ4n) is 0.803. The Morgan fingerprint density at radius 1 is 1.27 bits per heavy atom. The van der Waals surface area contributed by atoms with E-state index in [4.69, 9.17) is 0 Å². The first-order chi connectivity index (χ1) is 5.47. The quantitative estimate of drug-likeness (QED) is 0.545. The summed E-state index contributed by atoms with van der Waals surface area (Å²) < 4.78 is 1.26. The van der Waals surface area contributed by atoms with E-state index in [2.05, 4.69) is 21.7 Å². The fraction of sp³-hybridized carbons (Fsp3) is 0. The van der Waals surface area contributed by atoms with Crippen molar-refractivity contribution in [1.29, 1.82) is 0 Å². The van der Waals surface area contributed by atoms with Crippen LogP contribution in [0.25, 0.3) is 10.2 Å². The Kier molecular flexibility index (Phi) is 4.05. The van der Waals surface area contributed by atoms with Gasteiger partial charge in [-0.1, -0.05) is 12.1 Å². The maximum atomic E-state index is 4.14. The Labute approximate surface area is 83.8 Å². The standard InChI is InChI=1S/C7H5NS.H2S.Zn/c1-2-4-7-6(3-1)8-5-9-7;;/h1-5H;1H2;/q;;+1/p-1. The Bertz CT molecular complexity index is 290. The number of thiol groups is 1. The van der Waals surface area contributed by atoms with Gasteiger partial charge in [0.05, 0.1) is 15.7 Å². The molecule has 0 atom stereocenters. The van der Waals surface area contributed by atoms with Crippen LogP contribution in [0.2, 0.25) is 0 Å². The van der Waals surface area contributed by atoms with Gasteiger partial charge >= 0.3 is 27.7 Å². The van der Waals surface area contributed by atoms with Crippen LogP contribution in [0.1, 0.15) is 0 Å². The maximum absolute atomic E-state index is 4.14. The zero-order chi connectivity index (χ0) is 8.10. The van der Waals surface area contributed by atoms with Gasteiger partial charge in [-0.25, -0.2) is 4.98 Å². The van der Waals surface area contributed by atoms with Crippen molar-refractivity contribution < 1.29 is 17.1 Å². The number of rotatable bonds is 0. The van der Waals surface area contributed by atoms with E-state index < -0.39 is 0 Å². The van der Waals surface area contributed by atoms with E-state index >= 15 is 0 Å². The number of hydrogen-bond acceptors (Lipinski definition) is 3. The molecule has 0 fully saturated rings. The van der Waals surface area contributed by atoms with Crippen LogP contribution in [0.5, 0.6) is 0 Å². The van der Waals surface area contributed by atoms with Crippen molar-refractivity contribution in [2.75, 3.05) is 0 Å². The first-order valence-electron chi connectivity index (χ1n) is 3.07. The fourth-order valence-corrected chi connectivity index (χ4v) is 1.48. The van der Waals surface area contributed by atoms with Gasteiger partial charge in [0.15, 0.2) is 0 Å². The monoisotopic (exact) mass is 232 g/mol. The molecule has 4 heteroatoms. The minimum Gasteiger partial charge on any atom is -0.245 e. The minimum absolute atomic E-state index is 1.07. The van der Waals surface area contributed by atoms with E-state index in [1.165, 1.54) is 4.70 Å². The number of hydrogen-bond donors (Lipinski definition) is 1. The number of benzene rings is 1. The van der Waals surface area contributed by atoms with Crippen LogP contribution in [0.3, 0.4) is 0 Å². The van der Waals surface area contributed by atoms with Gasteiger partial charge in [-0.2, -0.15) is 0 Å². The van der Waals surface area contributed by atoms with Crippen LogP contribution in [0.15, 0.2) is 29.8 Å². The van der Waals surface area contributed by atoms with Crippen LogP contribution < -0.4 is 0 Å². The molecule has 0 saturated heterocycles. The van der Waals surface area contributed by atoms with E-state index in [1.54, 1.807) is 11.3 Å². The topological polar surface area (TPSA) is 12.9 Å². The summed E-state index contributed by atoms with van der Waals surface area (Å²) in [6.07, 6.45) is 0. The summed E-state index contributed by atoms with van der Waals surface area (Å²) in [7, 11) is 3.65.